The van der Waals surface area contributed by atoms with Crippen LogP contribution in [0.2, 0.25) is 0 Å². The number of halogens is 1. The maximum absolute atomic E-state index is 10.8. The van der Waals surface area contributed by atoms with E-state index in [9.17, 15) is 4.79 Å². The molecule has 1 aliphatic carbocycles. The van der Waals surface area contributed by atoms with Gasteiger partial charge in [0.2, 0.25) is 5.24 Å². The van der Waals surface area contributed by atoms with E-state index >= 15 is 0 Å². The lowest BCUT2D eigenvalue weighted by atomic mass is 10.1. The zero-order valence-electron chi connectivity index (χ0n) is 7.10. The molecule has 0 aromatic carbocycles. The summed E-state index contributed by atoms with van der Waals surface area (Å²) in [6, 6.07) is 0. The first-order valence-electron chi connectivity index (χ1n) is 3.84. The van der Waals surface area contributed by atoms with E-state index in [2.05, 4.69) is 19.9 Å². The van der Waals surface area contributed by atoms with Crippen LogP contribution in [0.15, 0.2) is 12.2 Å². The Morgan fingerprint density at radius 3 is 2.36 bits per heavy atom. The summed E-state index contributed by atoms with van der Waals surface area (Å²) in [7, 11) is 0. The first-order valence-corrected chi connectivity index (χ1v) is 4.21. The fraction of sp³-hybridized carbons (Fsp3) is 0.667. The van der Waals surface area contributed by atoms with E-state index in [4.69, 9.17) is 11.6 Å². The van der Waals surface area contributed by atoms with Crippen LogP contribution in [0.1, 0.15) is 20.8 Å². The van der Waals surface area contributed by atoms with Gasteiger partial charge in [-0.2, -0.15) is 0 Å². The number of hydrogen-bond acceptors (Lipinski definition) is 1. The van der Waals surface area contributed by atoms with Crippen LogP contribution in [0, 0.1) is 17.3 Å². The van der Waals surface area contributed by atoms with Gasteiger partial charge in [0.15, 0.2) is 0 Å². The largest absolute Gasteiger partial charge is 0.281 e. The second kappa shape index (κ2) is 2.63. The van der Waals surface area contributed by atoms with E-state index in [0.717, 1.165) is 0 Å². The van der Waals surface area contributed by atoms with Gasteiger partial charge in [0.05, 0.1) is 0 Å². The van der Waals surface area contributed by atoms with E-state index < -0.39 is 0 Å². The van der Waals surface area contributed by atoms with Crippen LogP contribution in [-0.4, -0.2) is 5.24 Å². The minimum atomic E-state index is -0.196. The van der Waals surface area contributed by atoms with Crippen LogP contribution in [0.5, 0.6) is 0 Å². The molecule has 0 aromatic heterocycles. The smallest absolute Gasteiger partial charge is 0.225 e. The molecule has 0 saturated heterocycles. The van der Waals surface area contributed by atoms with Crippen molar-refractivity contribution in [2.45, 2.75) is 20.8 Å². The first kappa shape index (κ1) is 8.79. The van der Waals surface area contributed by atoms with Crippen LogP contribution in [0.3, 0.4) is 0 Å². The Balaban J connectivity index is 2.68. The van der Waals surface area contributed by atoms with Gasteiger partial charge in [0, 0.05) is 5.92 Å². The summed E-state index contributed by atoms with van der Waals surface area (Å²) in [5, 5.41) is -0.196. The zero-order chi connectivity index (χ0) is 8.65. The number of rotatable bonds is 2. The molecule has 62 valence electrons. The van der Waals surface area contributed by atoms with Crippen molar-refractivity contribution >= 4 is 16.8 Å². The van der Waals surface area contributed by atoms with Gasteiger partial charge in [0.1, 0.15) is 0 Å². The van der Waals surface area contributed by atoms with Crippen molar-refractivity contribution in [1.29, 1.82) is 0 Å². The molecule has 11 heavy (non-hydrogen) atoms. The van der Waals surface area contributed by atoms with Crippen LogP contribution >= 0.6 is 11.6 Å². The lowest BCUT2D eigenvalue weighted by Gasteiger charge is -1.95. The van der Waals surface area contributed by atoms with Crippen molar-refractivity contribution < 1.29 is 4.79 Å². The minimum absolute atomic E-state index is 0.0420. The summed E-state index contributed by atoms with van der Waals surface area (Å²) >= 11 is 5.42. The average molecular weight is 173 g/mol. The first-order chi connectivity index (χ1) is 5.01. The molecule has 2 heteroatoms. The van der Waals surface area contributed by atoms with Gasteiger partial charge in [0.25, 0.3) is 0 Å². The van der Waals surface area contributed by atoms with E-state index in [1.54, 1.807) is 0 Å². The van der Waals surface area contributed by atoms with Gasteiger partial charge in [-0.3, -0.25) is 4.79 Å². The van der Waals surface area contributed by atoms with Crippen molar-refractivity contribution in [2.75, 3.05) is 0 Å². The molecule has 1 aliphatic rings. The highest BCUT2D eigenvalue weighted by Gasteiger charge is 2.59. The Kier molecular flexibility index (Phi) is 2.10. The second-order valence-corrected chi connectivity index (χ2v) is 4.03. The summed E-state index contributed by atoms with van der Waals surface area (Å²) < 4.78 is 0. The highest BCUT2D eigenvalue weighted by atomic mass is 35.5. The molecule has 1 saturated carbocycles. The van der Waals surface area contributed by atoms with Gasteiger partial charge in [-0.15, -0.1) is 0 Å². The highest BCUT2D eigenvalue weighted by Crippen LogP contribution is 2.59. The Hall–Kier alpha value is -0.300. The molecule has 0 aromatic rings. The number of allylic oxidation sites excluding steroid dienone is 2. The highest BCUT2D eigenvalue weighted by molar-refractivity contribution is 6.64. The topological polar surface area (TPSA) is 17.1 Å². The molecule has 0 bridgehead atoms. The van der Waals surface area contributed by atoms with Gasteiger partial charge >= 0.3 is 0 Å². The van der Waals surface area contributed by atoms with Crippen molar-refractivity contribution in [1.82, 2.24) is 0 Å². The maximum atomic E-state index is 10.8. The molecule has 0 amide bonds. The Bertz CT molecular complexity index is 206. The molecule has 1 nitrogen and oxygen atoms in total. The predicted octanol–water partition coefficient (Wildman–Crippen LogP) is 2.60. The van der Waals surface area contributed by atoms with Crippen LogP contribution in [0.25, 0.3) is 0 Å². The molecule has 2 atom stereocenters. The Morgan fingerprint density at radius 2 is 2.09 bits per heavy atom. The normalized spacial score (nSPS) is 34.2. The maximum Gasteiger partial charge on any atom is 0.225 e. The Morgan fingerprint density at radius 1 is 1.55 bits per heavy atom. The lowest BCUT2D eigenvalue weighted by Crippen LogP contribution is -1.96. The van der Waals surface area contributed by atoms with Gasteiger partial charge in [-0.25, -0.2) is 0 Å². The monoisotopic (exact) mass is 172 g/mol. The SMILES string of the molecule is C/C=C/[C@@H]1[C@@H](C(=O)Cl)C1(C)C. The number of hydrogen-bond donors (Lipinski definition) is 0. The van der Waals surface area contributed by atoms with Gasteiger partial charge in [-0.05, 0) is 29.9 Å². The van der Waals surface area contributed by atoms with Crippen LogP contribution in [-0.2, 0) is 4.79 Å². The van der Waals surface area contributed by atoms with E-state index in [1.807, 2.05) is 13.0 Å². The molecule has 1 fully saturated rings. The minimum Gasteiger partial charge on any atom is -0.281 e. The second-order valence-electron chi connectivity index (χ2n) is 3.65. The van der Waals surface area contributed by atoms with Crippen molar-refractivity contribution in [3.63, 3.8) is 0 Å². The summed E-state index contributed by atoms with van der Waals surface area (Å²) in [5.74, 6) is 0.401. The fourth-order valence-corrected chi connectivity index (χ4v) is 2.09. The summed E-state index contributed by atoms with van der Waals surface area (Å²) in [5.41, 5.74) is 0.0886. The summed E-state index contributed by atoms with van der Waals surface area (Å²) in [6.07, 6.45) is 4.04. The number of carbonyl (C=O) groups excluding carboxylic acids is 1. The molecule has 1 rings (SSSR count). The third-order valence-electron chi connectivity index (χ3n) is 2.55. The molecular weight excluding hydrogens is 160 g/mol. The zero-order valence-corrected chi connectivity index (χ0v) is 7.85. The standard InChI is InChI=1S/C9H13ClO/c1-4-5-6-7(8(10)11)9(6,2)3/h4-7H,1-3H3/b5-4+/t6-,7+/m1/s1. The van der Waals surface area contributed by atoms with E-state index in [0.29, 0.717) is 5.92 Å². The fourth-order valence-electron chi connectivity index (χ4n) is 1.68. The third-order valence-corrected chi connectivity index (χ3v) is 2.79. The molecule has 0 heterocycles. The average Bonchev–Trinajstić information content (AvgIpc) is 2.35. The summed E-state index contributed by atoms with van der Waals surface area (Å²) in [6.45, 7) is 6.11. The predicted molar refractivity (Wildman–Crippen MR) is 46.4 cm³/mol. The van der Waals surface area contributed by atoms with Crippen molar-refractivity contribution in [3.05, 3.63) is 12.2 Å². The molecule has 0 spiro atoms. The quantitative estimate of drug-likeness (QED) is 0.462. The van der Waals surface area contributed by atoms with E-state index in [1.165, 1.54) is 0 Å². The third kappa shape index (κ3) is 1.34. The van der Waals surface area contributed by atoms with Gasteiger partial charge in [-0.1, -0.05) is 26.0 Å². The van der Waals surface area contributed by atoms with Crippen molar-refractivity contribution in [3.8, 4) is 0 Å². The summed E-state index contributed by atoms with van der Waals surface area (Å²) in [4.78, 5) is 10.8. The molecular formula is C9H13ClO. The van der Waals surface area contributed by atoms with Gasteiger partial charge < -0.3 is 0 Å². The molecule has 0 aliphatic heterocycles. The van der Waals surface area contributed by atoms with Crippen LogP contribution < -0.4 is 0 Å². The molecule has 0 N–H and O–H groups in total. The number of carbonyl (C=O) groups is 1. The van der Waals surface area contributed by atoms with Crippen LogP contribution in [0.4, 0.5) is 0 Å². The lowest BCUT2D eigenvalue weighted by molar-refractivity contribution is -0.113. The molecule has 0 radical (unpaired) electrons. The Labute approximate surface area is 72.4 Å². The van der Waals surface area contributed by atoms with Crippen molar-refractivity contribution in [2.24, 2.45) is 17.3 Å². The molecule has 0 unspecified atom stereocenters. The van der Waals surface area contributed by atoms with E-state index in [-0.39, 0.29) is 16.6 Å².